The fourth-order valence-corrected chi connectivity index (χ4v) is 5.97. The molecule has 0 saturated heterocycles. The number of carbonyl (C=O) groups excluding carboxylic acids is 1. The molecule has 0 radical (unpaired) electrons. The van der Waals surface area contributed by atoms with Gasteiger partial charge in [-0.3, -0.25) is 9.52 Å². The van der Waals surface area contributed by atoms with Crippen molar-refractivity contribution in [3.05, 3.63) is 76.1 Å². The van der Waals surface area contributed by atoms with Crippen LogP contribution in [-0.4, -0.2) is 32.1 Å². The van der Waals surface area contributed by atoms with Crippen LogP contribution in [0.3, 0.4) is 0 Å². The summed E-state index contributed by atoms with van der Waals surface area (Å²) in [5.74, 6) is 0.859. The van der Waals surface area contributed by atoms with E-state index in [1.54, 1.807) is 18.2 Å². The van der Waals surface area contributed by atoms with Crippen molar-refractivity contribution in [1.82, 2.24) is 4.57 Å². The van der Waals surface area contributed by atoms with Crippen LogP contribution in [0.15, 0.2) is 70.6 Å². The Morgan fingerprint density at radius 3 is 2.51 bits per heavy atom. The Morgan fingerprint density at radius 2 is 1.80 bits per heavy atom. The number of sulfonamides is 1. The molecule has 0 aliphatic carbocycles. The van der Waals surface area contributed by atoms with E-state index in [1.165, 1.54) is 41.7 Å². The van der Waals surface area contributed by atoms with E-state index >= 15 is 0 Å². The lowest BCUT2D eigenvalue weighted by Gasteiger charge is -2.18. The van der Waals surface area contributed by atoms with E-state index in [0.717, 1.165) is 10.2 Å². The van der Waals surface area contributed by atoms with Gasteiger partial charge in [0.05, 0.1) is 15.1 Å². The van der Waals surface area contributed by atoms with E-state index in [2.05, 4.69) is 9.71 Å². The molecule has 1 aromatic heterocycles. The number of halogens is 1. The number of rotatable bonds is 5. The molecule has 35 heavy (non-hydrogen) atoms. The van der Waals surface area contributed by atoms with Crippen molar-refractivity contribution >= 4 is 54.8 Å². The number of nitrogens with one attached hydrogen (secondary N) is 1. The predicted octanol–water partition coefficient (Wildman–Crippen LogP) is 4.69. The first-order chi connectivity index (χ1) is 16.8. The molecule has 8 nitrogen and oxygen atoms in total. The Bertz CT molecular complexity index is 1610. The maximum Gasteiger partial charge on any atom is 0.279 e. The molecule has 5 rings (SSSR count). The molecule has 1 amide bonds. The highest BCUT2D eigenvalue weighted by molar-refractivity contribution is 7.92. The maximum atomic E-state index is 13.0. The second-order valence-electron chi connectivity index (χ2n) is 7.65. The van der Waals surface area contributed by atoms with Crippen molar-refractivity contribution < 1.29 is 22.7 Å². The average Bonchev–Trinajstić information content (AvgIpc) is 3.18. The fraction of sp³-hybridized carbons (Fsp3) is 0.167. The summed E-state index contributed by atoms with van der Waals surface area (Å²) < 4.78 is 42.1. The number of hydrogen-bond donors (Lipinski definition) is 1. The molecule has 3 aromatic carbocycles. The van der Waals surface area contributed by atoms with Gasteiger partial charge in [-0.25, -0.2) is 8.42 Å². The van der Waals surface area contributed by atoms with Crippen LogP contribution in [0.2, 0.25) is 5.02 Å². The second kappa shape index (κ2) is 9.37. The van der Waals surface area contributed by atoms with Crippen molar-refractivity contribution in [1.29, 1.82) is 0 Å². The molecule has 1 aliphatic rings. The van der Waals surface area contributed by atoms with Gasteiger partial charge in [-0.1, -0.05) is 29.0 Å². The van der Waals surface area contributed by atoms with Gasteiger partial charge in [0.1, 0.15) is 13.2 Å². The predicted molar refractivity (Wildman–Crippen MR) is 135 cm³/mol. The number of aryl methyl sites for hydroxylation is 1. The smallest absolute Gasteiger partial charge is 0.279 e. The van der Waals surface area contributed by atoms with E-state index in [1.807, 2.05) is 23.6 Å². The van der Waals surface area contributed by atoms with Gasteiger partial charge in [0, 0.05) is 35.0 Å². The third kappa shape index (κ3) is 4.77. The van der Waals surface area contributed by atoms with E-state index in [4.69, 9.17) is 21.1 Å². The summed E-state index contributed by atoms with van der Waals surface area (Å²) in [7, 11) is -3.84. The molecule has 4 aromatic rings. The first kappa shape index (κ1) is 23.4. The highest BCUT2D eigenvalue weighted by Gasteiger charge is 2.18. The number of fused-ring (bicyclic) bond motifs is 2. The van der Waals surface area contributed by atoms with Crippen molar-refractivity contribution in [3.8, 4) is 11.5 Å². The van der Waals surface area contributed by atoms with Gasteiger partial charge in [-0.15, -0.1) is 0 Å². The number of aromatic nitrogens is 1. The topological polar surface area (TPSA) is 99.0 Å². The number of ether oxygens (including phenoxy) is 2. The number of carbonyl (C=O) groups is 1. The average molecular weight is 530 g/mol. The zero-order chi connectivity index (χ0) is 24.6. The molecule has 0 spiro atoms. The lowest BCUT2D eigenvalue weighted by atomic mass is 10.2. The number of amides is 1. The third-order valence-corrected chi connectivity index (χ3v) is 8.04. The summed E-state index contributed by atoms with van der Waals surface area (Å²) in [5, 5.41) is 0.434. The van der Waals surface area contributed by atoms with Gasteiger partial charge in [0.25, 0.3) is 15.9 Å². The zero-order valence-corrected chi connectivity index (χ0v) is 20.9. The molecule has 0 saturated carbocycles. The quantitative estimate of drug-likeness (QED) is 0.404. The molecule has 0 unspecified atom stereocenters. The van der Waals surface area contributed by atoms with Crippen molar-refractivity contribution in [3.63, 3.8) is 0 Å². The maximum absolute atomic E-state index is 13.0. The van der Waals surface area contributed by atoms with Crippen LogP contribution in [0, 0.1) is 0 Å². The molecule has 0 bridgehead atoms. The van der Waals surface area contributed by atoms with Gasteiger partial charge in [0.2, 0.25) is 0 Å². The number of benzene rings is 3. The molecule has 2 heterocycles. The Labute approximate surface area is 210 Å². The number of hydrogen-bond acceptors (Lipinski definition) is 6. The summed E-state index contributed by atoms with van der Waals surface area (Å²) in [6, 6.07) is 15.8. The van der Waals surface area contributed by atoms with Crippen LogP contribution in [0.25, 0.3) is 10.2 Å². The van der Waals surface area contributed by atoms with Gasteiger partial charge >= 0.3 is 0 Å². The van der Waals surface area contributed by atoms with Crippen LogP contribution < -0.4 is 19.0 Å². The van der Waals surface area contributed by atoms with Crippen LogP contribution >= 0.6 is 22.9 Å². The van der Waals surface area contributed by atoms with Crippen LogP contribution in [0.4, 0.5) is 5.69 Å². The fourth-order valence-electron chi connectivity index (χ4n) is 3.69. The largest absolute Gasteiger partial charge is 0.486 e. The minimum Gasteiger partial charge on any atom is -0.486 e. The standard InChI is InChI=1S/C24H20ClN3O5S2/c1-2-28-19-13-20-21(33-11-10-32-20)14-22(19)34-24(28)26-23(29)15-4-3-5-17(12-15)27-35(30,31)18-8-6-16(25)7-9-18/h3-9,12-14,27H,2,10-11H2,1H3. The van der Waals surface area contributed by atoms with E-state index in [0.29, 0.717) is 41.1 Å². The molecule has 180 valence electrons. The zero-order valence-electron chi connectivity index (χ0n) is 18.5. The monoisotopic (exact) mass is 529 g/mol. The summed E-state index contributed by atoms with van der Waals surface area (Å²) in [5.41, 5.74) is 1.41. The van der Waals surface area contributed by atoms with Crippen molar-refractivity contribution in [2.24, 2.45) is 4.99 Å². The van der Waals surface area contributed by atoms with E-state index < -0.39 is 15.9 Å². The molecular formula is C24H20ClN3O5S2. The molecule has 1 N–H and O–H groups in total. The highest BCUT2D eigenvalue weighted by Crippen LogP contribution is 2.35. The molecule has 1 aliphatic heterocycles. The first-order valence-electron chi connectivity index (χ1n) is 10.7. The van der Waals surface area contributed by atoms with E-state index in [9.17, 15) is 13.2 Å². The highest BCUT2D eigenvalue weighted by atomic mass is 35.5. The molecular weight excluding hydrogens is 510 g/mol. The number of thiazole rings is 1. The SMILES string of the molecule is CCn1c(=NC(=O)c2cccc(NS(=O)(=O)c3ccc(Cl)cc3)c2)sc2cc3c(cc21)OCCO3. The van der Waals surface area contributed by atoms with Crippen molar-refractivity contribution in [2.75, 3.05) is 17.9 Å². The Morgan fingerprint density at radius 1 is 1.09 bits per heavy atom. The lowest BCUT2D eigenvalue weighted by molar-refractivity contribution is 0.0998. The number of nitrogens with zero attached hydrogens (tertiary/aromatic N) is 2. The first-order valence-corrected chi connectivity index (χ1v) is 13.4. The van der Waals surface area contributed by atoms with Crippen LogP contribution in [0.1, 0.15) is 17.3 Å². The Balaban J connectivity index is 1.47. The van der Waals surface area contributed by atoms with Crippen LogP contribution in [0.5, 0.6) is 11.5 Å². The molecule has 11 heteroatoms. The minimum atomic E-state index is -3.84. The second-order valence-corrected chi connectivity index (χ2v) is 10.8. The lowest BCUT2D eigenvalue weighted by Crippen LogP contribution is -2.17. The van der Waals surface area contributed by atoms with Gasteiger partial charge in [-0.05, 0) is 49.4 Å². The summed E-state index contributed by atoms with van der Waals surface area (Å²) in [6.45, 7) is 3.55. The summed E-state index contributed by atoms with van der Waals surface area (Å²) in [4.78, 5) is 18.0. The third-order valence-electron chi connectivity index (χ3n) is 5.35. The Kier molecular flexibility index (Phi) is 6.26. The minimum absolute atomic E-state index is 0.0632. The van der Waals surface area contributed by atoms with Gasteiger partial charge in [0.15, 0.2) is 16.3 Å². The molecule has 0 atom stereocenters. The number of anilines is 1. The normalized spacial score (nSPS) is 13.7. The van der Waals surface area contributed by atoms with E-state index in [-0.39, 0.29) is 16.1 Å². The van der Waals surface area contributed by atoms with Crippen LogP contribution in [-0.2, 0) is 16.6 Å². The van der Waals surface area contributed by atoms with Crippen molar-refractivity contribution in [2.45, 2.75) is 18.4 Å². The summed E-state index contributed by atoms with van der Waals surface area (Å²) in [6.07, 6.45) is 0. The van der Waals surface area contributed by atoms with Gasteiger partial charge in [-0.2, -0.15) is 4.99 Å². The van der Waals surface area contributed by atoms with Gasteiger partial charge < -0.3 is 14.0 Å². The molecule has 0 fully saturated rings. The summed E-state index contributed by atoms with van der Waals surface area (Å²) >= 11 is 7.22. The Hall–Kier alpha value is -3.34.